The predicted molar refractivity (Wildman–Crippen MR) is 61.2 cm³/mol. The second-order valence-electron chi connectivity index (χ2n) is 3.98. The van der Waals surface area contributed by atoms with E-state index < -0.39 is 0 Å². The van der Waals surface area contributed by atoms with E-state index in [2.05, 4.69) is 23.9 Å². The summed E-state index contributed by atoms with van der Waals surface area (Å²) in [5.74, 6) is 0.269. The molecule has 0 aliphatic carbocycles. The third kappa shape index (κ3) is 6.30. The lowest BCUT2D eigenvalue weighted by molar-refractivity contribution is 0.0667. The largest absolute Gasteiger partial charge is 0.409 e. The van der Waals surface area contributed by atoms with E-state index in [4.69, 9.17) is 15.7 Å². The number of oxime groups is 1. The highest BCUT2D eigenvalue weighted by Gasteiger charge is 2.13. The fourth-order valence-electron chi connectivity index (χ4n) is 1.27. The van der Waals surface area contributed by atoms with Gasteiger partial charge in [0.1, 0.15) is 5.84 Å². The molecule has 0 fully saturated rings. The van der Waals surface area contributed by atoms with Gasteiger partial charge in [-0.05, 0) is 20.8 Å². The molecule has 0 aliphatic heterocycles. The second kappa shape index (κ2) is 7.48. The minimum absolute atomic E-state index is 0.194. The van der Waals surface area contributed by atoms with Gasteiger partial charge in [-0.1, -0.05) is 5.16 Å². The molecule has 0 aliphatic rings. The van der Waals surface area contributed by atoms with Crippen molar-refractivity contribution in [3.05, 3.63) is 0 Å². The van der Waals surface area contributed by atoms with Gasteiger partial charge in [0.15, 0.2) is 0 Å². The summed E-state index contributed by atoms with van der Waals surface area (Å²) >= 11 is 0. The van der Waals surface area contributed by atoms with Gasteiger partial charge < -0.3 is 15.7 Å². The van der Waals surface area contributed by atoms with Crippen molar-refractivity contribution < 1.29 is 9.94 Å². The first kappa shape index (κ1) is 14.2. The number of hydrogen-bond acceptors (Lipinski definition) is 4. The Kier molecular flexibility index (Phi) is 7.07. The average molecular weight is 217 g/mol. The number of rotatable bonds is 7. The number of amidine groups is 1. The van der Waals surface area contributed by atoms with Gasteiger partial charge in [-0.2, -0.15) is 0 Å². The topological polar surface area (TPSA) is 71.1 Å². The Bertz CT molecular complexity index is 195. The first-order valence-electron chi connectivity index (χ1n) is 5.24. The molecule has 0 rings (SSSR count). The highest BCUT2D eigenvalue weighted by Crippen LogP contribution is 2.03. The van der Waals surface area contributed by atoms with E-state index in [9.17, 15) is 0 Å². The van der Waals surface area contributed by atoms with Crippen molar-refractivity contribution in [2.24, 2.45) is 10.9 Å². The van der Waals surface area contributed by atoms with E-state index >= 15 is 0 Å². The van der Waals surface area contributed by atoms with Gasteiger partial charge in [-0.3, -0.25) is 4.90 Å². The summed E-state index contributed by atoms with van der Waals surface area (Å²) in [6.07, 6.45) is 0.769. The minimum atomic E-state index is 0.194. The normalized spacial score (nSPS) is 14.9. The van der Waals surface area contributed by atoms with Crippen molar-refractivity contribution in [2.45, 2.75) is 39.3 Å². The zero-order chi connectivity index (χ0) is 11.8. The quantitative estimate of drug-likeness (QED) is 0.287. The molecule has 0 bridgehead atoms. The molecule has 1 unspecified atom stereocenters. The van der Waals surface area contributed by atoms with Crippen LogP contribution >= 0.6 is 0 Å². The van der Waals surface area contributed by atoms with Crippen LogP contribution in [0.5, 0.6) is 0 Å². The molecule has 0 amide bonds. The van der Waals surface area contributed by atoms with E-state index in [0.717, 1.165) is 13.1 Å². The minimum Gasteiger partial charge on any atom is -0.409 e. The highest BCUT2D eigenvalue weighted by molar-refractivity contribution is 5.79. The summed E-state index contributed by atoms with van der Waals surface area (Å²) in [5.41, 5.74) is 5.43. The van der Waals surface area contributed by atoms with Crippen LogP contribution in [0.15, 0.2) is 5.16 Å². The van der Waals surface area contributed by atoms with Gasteiger partial charge in [-0.25, -0.2) is 0 Å². The van der Waals surface area contributed by atoms with Crippen LogP contribution in [0.1, 0.15) is 27.2 Å². The molecular formula is C10H23N3O2. The van der Waals surface area contributed by atoms with Crippen molar-refractivity contribution in [1.82, 2.24) is 4.90 Å². The third-order valence-corrected chi connectivity index (χ3v) is 2.41. The first-order chi connectivity index (χ1) is 7.01. The van der Waals surface area contributed by atoms with Crippen molar-refractivity contribution >= 4 is 5.84 Å². The molecule has 0 saturated carbocycles. The first-order valence-corrected chi connectivity index (χ1v) is 5.24. The molecule has 0 spiro atoms. The number of hydrogen-bond donors (Lipinski definition) is 2. The number of ether oxygens (including phenoxy) is 1. The maximum atomic E-state index is 8.43. The fourth-order valence-corrected chi connectivity index (χ4v) is 1.27. The van der Waals surface area contributed by atoms with Gasteiger partial charge in [-0.15, -0.1) is 0 Å². The number of nitrogens with zero attached hydrogens (tertiary/aromatic N) is 2. The summed E-state index contributed by atoms with van der Waals surface area (Å²) in [4.78, 5) is 2.24. The molecule has 1 atom stereocenters. The molecule has 0 aromatic heterocycles. The maximum absolute atomic E-state index is 8.43. The Morgan fingerprint density at radius 2 is 2.07 bits per heavy atom. The van der Waals surface area contributed by atoms with Gasteiger partial charge in [0.2, 0.25) is 0 Å². The van der Waals surface area contributed by atoms with Crippen molar-refractivity contribution in [1.29, 1.82) is 0 Å². The molecule has 15 heavy (non-hydrogen) atoms. The standard InChI is InChI=1S/C10H23N3O2/c1-8(2)13(7-9(3)15-4)6-5-10(11)12-14/h8-9,14H,5-7H2,1-4H3,(H2,11,12). The Labute approximate surface area is 91.9 Å². The molecule has 0 radical (unpaired) electrons. The van der Waals surface area contributed by atoms with Gasteiger partial charge in [0.25, 0.3) is 0 Å². The van der Waals surface area contributed by atoms with E-state index in [1.54, 1.807) is 7.11 Å². The molecule has 5 heteroatoms. The van der Waals surface area contributed by atoms with Crippen molar-refractivity contribution in [2.75, 3.05) is 20.2 Å². The smallest absolute Gasteiger partial charge is 0.140 e. The number of methoxy groups -OCH3 is 1. The fraction of sp³-hybridized carbons (Fsp3) is 0.900. The summed E-state index contributed by atoms with van der Waals surface area (Å²) in [5, 5.41) is 11.4. The van der Waals surface area contributed by atoms with Crippen LogP contribution in [0, 0.1) is 0 Å². The van der Waals surface area contributed by atoms with Crippen LogP contribution in [-0.4, -0.2) is 48.3 Å². The monoisotopic (exact) mass is 217 g/mol. The highest BCUT2D eigenvalue weighted by atomic mass is 16.5. The van der Waals surface area contributed by atoms with Crippen LogP contribution in [0.25, 0.3) is 0 Å². The lowest BCUT2D eigenvalue weighted by Gasteiger charge is -2.28. The van der Waals surface area contributed by atoms with Crippen LogP contribution in [0.3, 0.4) is 0 Å². The predicted octanol–water partition coefficient (Wildman–Crippen LogP) is 0.868. The van der Waals surface area contributed by atoms with Gasteiger partial charge in [0.05, 0.1) is 6.10 Å². The van der Waals surface area contributed by atoms with E-state index in [0.29, 0.717) is 12.5 Å². The molecular weight excluding hydrogens is 194 g/mol. The SMILES string of the molecule is COC(C)CN(CCC(N)=NO)C(C)C. The van der Waals surface area contributed by atoms with Crippen molar-refractivity contribution in [3.8, 4) is 0 Å². The lowest BCUT2D eigenvalue weighted by atomic mass is 10.2. The van der Waals surface area contributed by atoms with E-state index in [-0.39, 0.29) is 11.9 Å². The zero-order valence-corrected chi connectivity index (χ0v) is 10.1. The Hall–Kier alpha value is -0.810. The molecule has 0 aromatic rings. The number of nitrogens with two attached hydrogens (primary N) is 1. The van der Waals surface area contributed by atoms with Crippen LogP contribution < -0.4 is 5.73 Å². The zero-order valence-electron chi connectivity index (χ0n) is 10.1. The second-order valence-corrected chi connectivity index (χ2v) is 3.98. The Balaban J connectivity index is 4.05. The molecule has 0 heterocycles. The molecule has 3 N–H and O–H groups in total. The van der Waals surface area contributed by atoms with Gasteiger partial charge in [0, 0.05) is 32.7 Å². The summed E-state index contributed by atoms with van der Waals surface area (Å²) < 4.78 is 5.21. The van der Waals surface area contributed by atoms with Crippen LogP contribution in [0.2, 0.25) is 0 Å². The van der Waals surface area contributed by atoms with Crippen LogP contribution in [-0.2, 0) is 4.74 Å². The summed E-state index contributed by atoms with van der Waals surface area (Å²) in [7, 11) is 1.70. The summed E-state index contributed by atoms with van der Waals surface area (Å²) in [6.45, 7) is 7.90. The van der Waals surface area contributed by atoms with Crippen molar-refractivity contribution in [3.63, 3.8) is 0 Å². The summed E-state index contributed by atoms with van der Waals surface area (Å²) in [6, 6.07) is 0.425. The Morgan fingerprint density at radius 3 is 2.47 bits per heavy atom. The van der Waals surface area contributed by atoms with Crippen LogP contribution in [0.4, 0.5) is 0 Å². The maximum Gasteiger partial charge on any atom is 0.140 e. The molecule has 90 valence electrons. The van der Waals surface area contributed by atoms with E-state index in [1.807, 2.05) is 6.92 Å². The van der Waals surface area contributed by atoms with E-state index in [1.165, 1.54) is 0 Å². The molecule has 0 saturated heterocycles. The molecule has 5 nitrogen and oxygen atoms in total. The molecule has 0 aromatic carbocycles. The third-order valence-electron chi connectivity index (χ3n) is 2.41. The average Bonchev–Trinajstić information content (AvgIpc) is 2.22. The lowest BCUT2D eigenvalue weighted by Crippen LogP contribution is -2.39. The Morgan fingerprint density at radius 1 is 1.47 bits per heavy atom. The van der Waals surface area contributed by atoms with Gasteiger partial charge >= 0.3 is 0 Å².